The molecule has 39 heavy (non-hydrogen) atoms. The average molecular weight is 565 g/mol. The van der Waals surface area contributed by atoms with Crippen LogP contribution in [0.15, 0.2) is 36.5 Å². The first-order valence-corrected chi connectivity index (χ1v) is 12.9. The molecule has 3 aromatic rings. The third-order valence-electron chi connectivity index (χ3n) is 7.39. The van der Waals surface area contributed by atoms with E-state index in [1.165, 1.54) is 28.9 Å². The van der Waals surface area contributed by atoms with Gasteiger partial charge in [-0.3, -0.25) is 4.79 Å². The lowest BCUT2D eigenvalue weighted by Gasteiger charge is -2.39. The zero-order valence-electron chi connectivity index (χ0n) is 21.4. The fourth-order valence-corrected chi connectivity index (χ4v) is 5.51. The molecule has 2 N–H and O–H groups in total. The Labute approximate surface area is 228 Å². The van der Waals surface area contributed by atoms with Crippen LogP contribution in [-0.2, 0) is 4.79 Å². The van der Waals surface area contributed by atoms with Gasteiger partial charge in [-0.15, -0.1) is 0 Å². The fourth-order valence-electron chi connectivity index (χ4n) is 5.34. The van der Waals surface area contributed by atoms with Gasteiger partial charge < -0.3 is 20.1 Å². The predicted octanol–water partition coefficient (Wildman–Crippen LogP) is 4.65. The maximum Gasteiger partial charge on any atom is 0.429 e. The van der Waals surface area contributed by atoms with Crippen molar-refractivity contribution in [1.82, 2.24) is 25.1 Å². The van der Waals surface area contributed by atoms with E-state index < -0.39 is 24.3 Å². The molecule has 0 amide bonds. The molecule has 5 rings (SSSR count). The van der Waals surface area contributed by atoms with Crippen molar-refractivity contribution in [3.8, 4) is 11.6 Å². The molecule has 2 aliphatic heterocycles. The van der Waals surface area contributed by atoms with E-state index in [1.807, 2.05) is 4.90 Å². The van der Waals surface area contributed by atoms with E-state index in [2.05, 4.69) is 20.4 Å². The summed E-state index contributed by atoms with van der Waals surface area (Å²) in [5, 5.41) is 16.9. The molecular formula is C26H28ClF3N6O3. The summed E-state index contributed by atoms with van der Waals surface area (Å²) >= 11 is 6.13. The van der Waals surface area contributed by atoms with Crippen molar-refractivity contribution in [2.45, 2.75) is 51.4 Å². The molecule has 1 spiro atoms. The summed E-state index contributed by atoms with van der Waals surface area (Å²) in [5.74, 6) is -0.316. The monoisotopic (exact) mass is 564 g/mol. The molecule has 0 bridgehead atoms. The highest BCUT2D eigenvalue weighted by atomic mass is 35.5. The first-order chi connectivity index (χ1) is 18.4. The number of aliphatic carboxylic acids is 1. The van der Waals surface area contributed by atoms with Crippen LogP contribution >= 0.6 is 11.6 Å². The Kier molecular flexibility index (Phi) is 7.19. The standard InChI is InChI=1S/C26H28ClF3N6O3/c1-15-5-8-36(34-15)20-11-17(27)3-4-18(20)23(26(28,29)30)39-22-12-21(32-16(2)33-22)35-9-6-25(7-10-35)13-19(24(37)38)31-14-25/h3-5,8,11-12,19,23,31H,6-7,9-10,13-14H2,1-2H3,(H,37,38)/t19-,23+/m0/s1. The number of carbonyl (C=O) groups is 1. The quantitative estimate of drug-likeness (QED) is 0.446. The van der Waals surface area contributed by atoms with Crippen molar-refractivity contribution in [3.05, 3.63) is 58.6 Å². The second-order valence-electron chi connectivity index (χ2n) is 10.2. The van der Waals surface area contributed by atoms with Gasteiger partial charge in [-0.2, -0.15) is 23.3 Å². The summed E-state index contributed by atoms with van der Waals surface area (Å²) in [7, 11) is 0. The van der Waals surface area contributed by atoms with Crippen LogP contribution in [0.1, 0.15) is 42.4 Å². The third-order valence-corrected chi connectivity index (χ3v) is 7.62. The molecule has 2 aliphatic rings. The molecule has 0 saturated carbocycles. The molecule has 0 aliphatic carbocycles. The second-order valence-corrected chi connectivity index (χ2v) is 10.7. The minimum atomic E-state index is -4.77. The van der Waals surface area contributed by atoms with Gasteiger partial charge in [-0.05, 0) is 56.7 Å². The number of hydrogen-bond acceptors (Lipinski definition) is 7. The van der Waals surface area contributed by atoms with E-state index >= 15 is 0 Å². The van der Waals surface area contributed by atoms with Gasteiger partial charge in [0.25, 0.3) is 0 Å². The molecule has 1 aromatic carbocycles. The van der Waals surface area contributed by atoms with Gasteiger partial charge in [0.05, 0.1) is 11.4 Å². The molecule has 2 atom stereocenters. The molecule has 208 valence electrons. The molecule has 2 fully saturated rings. The van der Waals surface area contributed by atoms with Crippen molar-refractivity contribution < 1.29 is 27.8 Å². The number of benzene rings is 1. The van der Waals surface area contributed by atoms with Gasteiger partial charge in [0, 0.05) is 42.5 Å². The van der Waals surface area contributed by atoms with E-state index in [1.54, 1.807) is 26.1 Å². The van der Waals surface area contributed by atoms with Gasteiger partial charge in [-0.25, -0.2) is 9.67 Å². The summed E-state index contributed by atoms with van der Waals surface area (Å²) < 4.78 is 50.1. The number of aryl methyl sites for hydroxylation is 2. The summed E-state index contributed by atoms with van der Waals surface area (Å²) in [6.45, 7) is 5.14. The summed E-state index contributed by atoms with van der Waals surface area (Å²) in [6, 6.07) is 6.63. The third kappa shape index (κ3) is 5.81. The maximum absolute atomic E-state index is 14.4. The number of ether oxygens (including phenoxy) is 1. The highest BCUT2D eigenvalue weighted by Crippen LogP contribution is 2.42. The van der Waals surface area contributed by atoms with Crippen molar-refractivity contribution >= 4 is 23.4 Å². The smallest absolute Gasteiger partial charge is 0.429 e. The Bertz CT molecular complexity index is 1370. The highest BCUT2D eigenvalue weighted by Gasteiger charge is 2.46. The van der Waals surface area contributed by atoms with Crippen molar-refractivity contribution in [3.63, 3.8) is 0 Å². The van der Waals surface area contributed by atoms with Crippen LogP contribution in [0.4, 0.5) is 19.0 Å². The number of hydrogen-bond donors (Lipinski definition) is 2. The minimum Gasteiger partial charge on any atom is -0.480 e. The van der Waals surface area contributed by atoms with Crippen molar-refractivity contribution in [1.29, 1.82) is 0 Å². The van der Waals surface area contributed by atoms with E-state index in [9.17, 15) is 23.1 Å². The van der Waals surface area contributed by atoms with Crippen molar-refractivity contribution in [2.75, 3.05) is 24.5 Å². The minimum absolute atomic E-state index is 0.113. The summed E-state index contributed by atoms with van der Waals surface area (Å²) in [6.07, 6.45) is -3.50. The Morgan fingerprint density at radius 3 is 2.56 bits per heavy atom. The van der Waals surface area contributed by atoms with Crippen LogP contribution in [-0.4, -0.2) is 62.7 Å². The molecular weight excluding hydrogens is 537 g/mol. The molecule has 0 radical (unpaired) electrons. The van der Waals surface area contributed by atoms with E-state index in [-0.39, 0.29) is 33.4 Å². The number of carboxylic acids is 1. The first-order valence-electron chi connectivity index (χ1n) is 12.5. The van der Waals surface area contributed by atoms with Crippen LogP contribution in [0, 0.1) is 19.3 Å². The molecule has 2 saturated heterocycles. The van der Waals surface area contributed by atoms with Crippen LogP contribution < -0.4 is 15.0 Å². The van der Waals surface area contributed by atoms with E-state index in [0.717, 1.165) is 12.8 Å². The van der Waals surface area contributed by atoms with E-state index in [0.29, 0.717) is 37.6 Å². The largest absolute Gasteiger partial charge is 0.480 e. The lowest BCUT2D eigenvalue weighted by atomic mass is 9.76. The Hall–Kier alpha value is -3.38. The molecule has 0 unspecified atom stereocenters. The summed E-state index contributed by atoms with van der Waals surface area (Å²) in [5.41, 5.74) is 0.513. The number of piperidine rings is 1. The van der Waals surface area contributed by atoms with E-state index in [4.69, 9.17) is 16.3 Å². The number of halogens is 4. The number of alkyl halides is 3. The lowest BCUT2D eigenvalue weighted by molar-refractivity contribution is -0.198. The van der Waals surface area contributed by atoms with Crippen LogP contribution in [0.25, 0.3) is 5.69 Å². The molecule has 13 heteroatoms. The zero-order valence-corrected chi connectivity index (χ0v) is 22.1. The van der Waals surface area contributed by atoms with Gasteiger partial charge in [0.1, 0.15) is 17.7 Å². The van der Waals surface area contributed by atoms with Crippen LogP contribution in [0.3, 0.4) is 0 Å². The summed E-state index contributed by atoms with van der Waals surface area (Å²) in [4.78, 5) is 21.9. The van der Waals surface area contributed by atoms with Gasteiger partial charge >= 0.3 is 12.1 Å². The van der Waals surface area contributed by atoms with Gasteiger partial charge in [0.15, 0.2) is 0 Å². The topological polar surface area (TPSA) is 105 Å². The van der Waals surface area contributed by atoms with Crippen LogP contribution in [0.2, 0.25) is 5.02 Å². The number of aromatic nitrogens is 4. The van der Waals surface area contributed by atoms with Crippen molar-refractivity contribution in [2.24, 2.45) is 5.41 Å². The Morgan fingerprint density at radius 2 is 1.95 bits per heavy atom. The number of anilines is 1. The number of rotatable bonds is 6. The van der Waals surface area contributed by atoms with Crippen LogP contribution in [0.5, 0.6) is 5.88 Å². The number of carboxylic acid groups (broad SMARTS) is 1. The van der Waals surface area contributed by atoms with Gasteiger partial charge in [-0.1, -0.05) is 17.7 Å². The highest BCUT2D eigenvalue weighted by molar-refractivity contribution is 6.30. The van der Waals surface area contributed by atoms with Gasteiger partial charge in [0.2, 0.25) is 12.0 Å². The fraction of sp³-hybridized carbons (Fsp3) is 0.462. The normalized spacial score (nSPS) is 19.8. The number of nitrogens with zero attached hydrogens (tertiary/aromatic N) is 5. The average Bonchev–Trinajstić information content (AvgIpc) is 3.49. The Balaban J connectivity index is 1.40. The molecule has 4 heterocycles. The zero-order chi connectivity index (χ0) is 27.9. The number of nitrogens with one attached hydrogen (secondary N) is 1. The maximum atomic E-state index is 14.4. The Morgan fingerprint density at radius 1 is 1.21 bits per heavy atom. The first kappa shape index (κ1) is 27.2. The molecule has 2 aromatic heterocycles. The molecule has 9 nitrogen and oxygen atoms in total. The predicted molar refractivity (Wildman–Crippen MR) is 137 cm³/mol. The lowest BCUT2D eigenvalue weighted by Crippen LogP contribution is -2.41. The second kappa shape index (κ2) is 10.3. The SMILES string of the molecule is Cc1ccn(-c2cc(Cl)ccc2[C@@H](Oc2cc(N3CCC4(CC3)CN[C@H](C(=O)O)C4)nc(C)n2)C(F)(F)F)n1.